The minimum atomic E-state index is -0.765. The number of carbonyl (C=O) groups is 4. The van der Waals surface area contributed by atoms with Gasteiger partial charge in [-0.3, -0.25) is 29.4 Å². The molecule has 0 saturated carbocycles. The minimum Gasteiger partial charge on any atom is -0.370 e. The highest BCUT2D eigenvalue weighted by atomic mass is 19.1. The lowest BCUT2D eigenvalue weighted by Crippen LogP contribution is -2.52. The monoisotopic (exact) mass is 728 g/mol. The van der Waals surface area contributed by atoms with Crippen molar-refractivity contribution in [3.63, 3.8) is 0 Å². The third kappa shape index (κ3) is 8.62. The maximum atomic E-state index is 15.5. The van der Waals surface area contributed by atoms with Crippen LogP contribution in [0.5, 0.6) is 0 Å². The van der Waals surface area contributed by atoms with Gasteiger partial charge in [0.2, 0.25) is 17.8 Å². The molecule has 4 saturated heterocycles. The van der Waals surface area contributed by atoms with E-state index in [1.165, 1.54) is 6.07 Å². The van der Waals surface area contributed by atoms with Crippen molar-refractivity contribution in [1.82, 2.24) is 35.7 Å². The molecular weight excluding hydrogens is 683 g/mol. The molecule has 53 heavy (non-hydrogen) atoms. The second kappa shape index (κ2) is 16.1. The van der Waals surface area contributed by atoms with Gasteiger partial charge >= 0.3 is 0 Å². The van der Waals surface area contributed by atoms with Gasteiger partial charge in [-0.05, 0) is 74.8 Å². The summed E-state index contributed by atoms with van der Waals surface area (Å²) in [6.45, 7) is 7.44. The molecule has 7 rings (SSSR count). The van der Waals surface area contributed by atoms with Crippen LogP contribution in [0.2, 0.25) is 0 Å². The Morgan fingerprint density at radius 2 is 1.66 bits per heavy atom. The molecule has 1 aromatic carbocycles. The molecule has 16 nitrogen and oxygen atoms in total. The number of amides is 4. The van der Waals surface area contributed by atoms with E-state index in [9.17, 15) is 19.2 Å². The van der Waals surface area contributed by atoms with Crippen LogP contribution in [-0.2, 0) is 9.59 Å². The number of halogens is 1. The maximum absolute atomic E-state index is 15.5. The number of nitrogens with one attached hydrogen (secondary N) is 3. The average molecular weight is 729 g/mol. The number of nitrogens with two attached hydrogens (primary N) is 1. The van der Waals surface area contributed by atoms with E-state index in [1.54, 1.807) is 24.4 Å². The number of nitrogens with zero attached hydrogens (tertiary/aromatic N) is 8. The normalized spacial score (nSPS) is 20.2. The number of rotatable bonds is 10. The molecule has 6 heterocycles. The van der Waals surface area contributed by atoms with Gasteiger partial charge in [0.05, 0.1) is 17.6 Å². The lowest BCUT2D eigenvalue weighted by Gasteiger charge is -2.40. The Morgan fingerprint density at radius 1 is 0.887 bits per heavy atom. The number of pyridine rings is 1. The van der Waals surface area contributed by atoms with Crippen LogP contribution in [0.3, 0.4) is 0 Å². The number of carbonyl (C=O) groups excluding carboxylic acids is 4. The van der Waals surface area contributed by atoms with E-state index in [0.717, 1.165) is 83.6 Å². The topological polar surface area (TPSA) is 195 Å². The summed E-state index contributed by atoms with van der Waals surface area (Å²) in [5.41, 5.74) is 7.58. The standard InChI is InChI=1S/C36H45FN12O4/c37-26-20-24(40-33-31(32(38)51)44-45-36(43-33)49-12-2-1-3-13-49)4-8-29(26)48-18-16-46(17-19-48)22-23-10-14-47(15-11-23)25-5-6-27(39-21-25)34(52)41-28-7-9-30(50)42-35(28)53/h4-6,8,20-21,23,28H,1-3,7,9-19,22H2,(H2,38,51)(H,41,52)(H,40,43,45)(H,42,50,53). The number of hydrogen-bond acceptors (Lipinski definition) is 13. The van der Waals surface area contributed by atoms with Crippen LogP contribution >= 0.6 is 0 Å². The molecule has 1 unspecified atom stereocenters. The Bertz CT molecular complexity index is 1820. The average Bonchev–Trinajstić information content (AvgIpc) is 3.17. The molecule has 0 bridgehead atoms. The van der Waals surface area contributed by atoms with Gasteiger partial charge in [0.1, 0.15) is 17.6 Å². The van der Waals surface area contributed by atoms with E-state index < -0.39 is 23.8 Å². The van der Waals surface area contributed by atoms with Crippen LogP contribution in [0.15, 0.2) is 36.5 Å². The van der Waals surface area contributed by atoms with Gasteiger partial charge < -0.3 is 31.1 Å². The molecule has 4 fully saturated rings. The Balaban J connectivity index is 0.867. The molecule has 2 aromatic heterocycles. The smallest absolute Gasteiger partial charge is 0.273 e. The number of imide groups is 1. The molecule has 3 aromatic rings. The fraction of sp³-hybridized carbons (Fsp3) is 0.500. The lowest BCUT2D eigenvalue weighted by molar-refractivity contribution is -0.134. The lowest BCUT2D eigenvalue weighted by atomic mass is 9.95. The summed E-state index contributed by atoms with van der Waals surface area (Å²) in [5.74, 6) is -1.29. The van der Waals surface area contributed by atoms with Crippen LogP contribution in [0.1, 0.15) is 65.9 Å². The van der Waals surface area contributed by atoms with E-state index in [4.69, 9.17) is 5.73 Å². The summed E-state index contributed by atoms with van der Waals surface area (Å²) in [7, 11) is 0. The molecule has 0 spiro atoms. The van der Waals surface area contributed by atoms with Gasteiger partial charge in [-0.1, -0.05) is 0 Å². The van der Waals surface area contributed by atoms with E-state index in [1.807, 2.05) is 11.0 Å². The number of hydrogen-bond donors (Lipinski definition) is 4. The minimum absolute atomic E-state index is 0.0982. The third-order valence-electron chi connectivity index (χ3n) is 10.5. The fourth-order valence-corrected chi connectivity index (χ4v) is 7.46. The zero-order valence-electron chi connectivity index (χ0n) is 29.6. The zero-order valence-corrected chi connectivity index (χ0v) is 29.6. The Labute approximate surface area is 306 Å². The molecule has 5 N–H and O–H groups in total. The SMILES string of the molecule is NC(=O)c1nnc(N2CCCCC2)nc1Nc1ccc(N2CCN(CC3CCN(c4ccc(C(=O)NC5CCC(=O)NC5=O)nc4)CC3)CC2)c(F)c1. The summed E-state index contributed by atoms with van der Waals surface area (Å²) in [6, 6.07) is 7.72. The molecule has 4 aliphatic heterocycles. The quantitative estimate of drug-likeness (QED) is 0.221. The van der Waals surface area contributed by atoms with Gasteiger partial charge in [0.15, 0.2) is 11.5 Å². The van der Waals surface area contributed by atoms with Crippen LogP contribution in [0.4, 0.5) is 33.2 Å². The number of anilines is 5. The number of primary amides is 1. The van der Waals surface area contributed by atoms with E-state index in [-0.39, 0.29) is 41.8 Å². The first-order valence-electron chi connectivity index (χ1n) is 18.4. The van der Waals surface area contributed by atoms with E-state index in [2.05, 4.69) is 50.8 Å². The van der Waals surface area contributed by atoms with Crippen molar-refractivity contribution < 1.29 is 23.6 Å². The Hall–Kier alpha value is -5.45. The molecule has 1 atom stereocenters. The first-order chi connectivity index (χ1) is 25.7. The summed E-state index contributed by atoms with van der Waals surface area (Å²) < 4.78 is 15.5. The van der Waals surface area contributed by atoms with E-state index in [0.29, 0.717) is 36.3 Å². The number of aromatic nitrogens is 4. The highest BCUT2D eigenvalue weighted by Gasteiger charge is 2.29. The summed E-state index contributed by atoms with van der Waals surface area (Å²) in [6.07, 6.45) is 7.42. The highest BCUT2D eigenvalue weighted by molar-refractivity contribution is 6.03. The largest absolute Gasteiger partial charge is 0.370 e. The summed E-state index contributed by atoms with van der Waals surface area (Å²) in [5, 5.41) is 16.1. The zero-order chi connectivity index (χ0) is 36.9. The predicted molar refractivity (Wildman–Crippen MR) is 196 cm³/mol. The Kier molecular flexibility index (Phi) is 10.9. The van der Waals surface area contributed by atoms with Gasteiger partial charge in [-0.2, -0.15) is 4.98 Å². The first kappa shape index (κ1) is 35.9. The van der Waals surface area contributed by atoms with Gasteiger partial charge in [0, 0.05) is 71.0 Å². The third-order valence-corrected chi connectivity index (χ3v) is 10.5. The van der Waals surface area contributed by atoms with Crippen LogP contribution in [-0.4, -0.2) is 114 Å². The van der Waals surface area contributed by atoms with Gasteiger partial charge in [-0.25, -0.2) is 9.37 Å². The van der Waals surface area contributed by atoms with Crippen LogP contribution in [0, 0.1) is 11.7 Å². The maximum Gasteiger partial charge on any atom is 0.273 e. The van der Waals surface area contributed by atoms with Crippen molar-refractivity contribution in [3.8, 4) is 0 Å². The van der Waals surface area contributed by atoms with Crippen molar-refractivity contribution in [3.05, 3.63) is 53.7 Å². The molecule has 17 heteroatoms. The van der Waals surface area contributed by atoms with Gasteiger partial charge in [0.25, 0.3) is 11.8 Å². The van der Waals surface area contributed by atoms with E-state index >= 15 is 4.39 Å². The molecular formula is C36H45FN12O4. The van der Waals surface area contributed by atoms with Crippen molar-refractivity contribution in [2.75, 3.05) is 78.9 Å². The summed E-state index contributed by atoms with van der Waals surface area (Å²) in [4.78, 5) is 65.7. The van der Waals surface area contributed by atoms with Gasteiger partial charge in [-0.15, -0.1) is 10.2 Å². The molecule has 4 aliphatic rings. The van der Waals surface area contributed by atoms with Crippen LogP contribution < -0.4 is 36.4 Å². The number of benzene rings is 1. The fourth-order valence-electron chi connectivity index (χ4n) is 7.46. The number of piperidine rings is 3. The van der Waals surface area contributed by atoms with Crippen molar-refractivity contribution in [2.24, 2.45) is 11.7 Å². The number of piperazine rings is 1. The first-order valence-corrected chi connectivity index (χ1v) is 18.4. The second-order valence-electron chi connectivity index (χ2n) is 14.1. The molecule has 0 aliphatic carbocycles. The Morgan fingerprint density at radius 3 is 2.34 bits per heavy atom. The highest BCUT2D eigenvalue weighted by Crippen LogP contribution is 2.29. The molecule has 280 valence electrons. The molecule has 0 radical (unpaired) electrons. The van der Waals surface area contributed by atoms with Crippen molar-refractivity contribution in [2.45, 2.75) is 51.0 Å². The van der Waals surface area contributed by atoms with Crippen molar-refractivity contribution in [1.29, 1.82) is 0 Å². The summed E-state index contributed by atoms with van der Waals surface area (Å²) >= 11 is 0. The van der Waals surface area contributed by atoms with Crippen LogP contribution in [0.25, 0.3) is 0 Å². The van der Waals surface area contributed by atoms with Crippen molar-refractivity contribution >= 4 is 52.5 Å². The predicted octanol–water partition coefficient (Wildman–Crippen LogP) is 1.81. The second-order valence-corrected chi connectivity index (χ2v) is 14.1. The molecule has 4 amide bonds.